The molecule has 0 aliphatic carbocycles. The van der Waals surface area contributed by atoms with Crippen LogP contribution in [-0.4, -0.2) is 23.1 Å². The molecule has 0 aliphatic heterocycles. The molecule has 0 radical (unpaired) electrons. The minimum atomic E-state index is 0.651. The number of benzene rings is 1. The second-order valence-corrected chi connectivity index (χ2v) is 5.55. The third kappa shape index (κ3) is 3.94. The summed E-state index contributed by atoms with van der Waals surface area (Å²) in [5, 5.41) is 3.33. The summed E-state index contributed by atoms with van der Waals surface area (Å²) in [6.45, 7) is 3.25. The molecule has 1 aromatic carbocycles. The molecule has 108 valence electrons. The van der Waals surface area contributed by atoms with E-state index in [1.54, 1.807) is 0 Å². The molecule has 20 heavy (non-hydrogen) atoms. The largest absolute Gasteiger partial charge is 0.338 e. The highest BCUT2D eigenvalue weighted by molar-refractivity contribution is 5.26. The number of aryl methyl sites for hydroxylation is 3. The second-order valence-electron chi connectivity index (χ2n) is 5.55. The van der Waals surface area contributed by atoms with Crippen LogP contribution in [0.3, 0.4) is 0 Å². The van der Waals surface area contributed by atoms with E-state index >= 15 is 0 Å². The Bertz CT molecular complexity index is 531. The van der Waals surface area contributed by atoms with Crippen LogP contribution in [0.1, 0.15) is 23.4 Å². The van der Waals surface area contributed by atoms with Gasteiger partial charge in [0.1, 0.15) is 5.82 Å². The van der Waals surface area contributed by atoms with Crippen LogP contribution in [0.2, 0.25) is 0 Å². The Morgan fingerprint density at radius 2 is 2.10 bits per heavy atom. The van der Waals surface area contributed by atoms with E-state index in [0.29, 0.717) is 5.92 Å². The Kier molecular flexibility index (Phi) is 5.36. The minimum absolute atomic E-state index is 0.651. The highest BCUT2D eigenvalue weighted by Crippen LogP contribution is 2.17. The molecule has 1 N–H and O–H groups in total. The zero-order valence-electron chi connectivity index (χ0n) is 12.8. The molecule has 0 saturated carbocycles. The lowest BCUT2D eigenvalue weighted by Crippen LogP contribution is -2.22. The fraction of sp³-hybridized carbons (Fsp3) is 0.471. The molecule has 0 saturated heterocycles. The lowest BCUT2D eigenvalue weighted by Gasteiger charge is -2.17. The van der Waals surface area contributed by atoms with E-state index in [-0.39, 0.29) is 0 Å². The van der Waals surface area contributed by atoms with Gasteiger partial charge in [-0.2, -0.15) is 0 Å². The number of rotatable bonds is 7. The van der Waals surface area contributed by atoms with Gasteiger partial charge in [0.05, 0.1) is 0 Å². The van der Waals surface area contributed by atoms with Crippen LogP contribution in [0.4, 0.5) is 0 Å². The van der Waals surface area contributed by atoms with E-state index in [1.165, 1.54) is 23.4 Å². The third-order valence-electron chi connectivity index (χ3n) is 3.96. The van der Waals surface area contributed by atoms with Gasteiger partial charge in [0, 0.05) is 25.9 Å². The Morgan fingerprint density at radius 3 is 2.75 bits per heavy atom. The van der Waals surface area contributed by atoms with Crippen LogP contribution < -0.4 is 5.32 Å². The van der Waals surface area contributed by atoms with Gasteiger partial charge in [-0.05, 0) is 50.4 Å². The van der Waals surface area contributed by atoms with E-state index in [0.717, 1.165) is 19.4 Å². The maximum atomic E-state index is 4.42. The SMILES string of the molecule is CNCC(CCc1nccn1C)Cc1ccccc1C. The zero-order chi connectivity index (χ0) is 14.4. The molecule has 1 aromatic heterocycles. The van der Waals surface area contributed by atoms with Crippen molar-refractivity contribution in [2.75, 3.05) is 13.6 Å². The second kappa shape index (κ2) is 7.25. The number of nitrogens with one attached hydrogen (secondary N) is 1. The monoisotopic (exact) mass is 271 g/mol. The summed E-state index contributed by atoms with van der Waals surface area (Å²) in [4.78, 5) is 4.42. The summed E-state index contributed by atoms with van der Waals surface area (Å²) < 4.78 is 2.12. The van der Waals surface area contributed by atoms with Crippen molar-refractivity contribution < 1.29 is 0 Å². The first kappa shape index (κ1) is 14.8. The molecule has 2 rings (SSSR count). The quantitative estimate of drug-likeness (QED) is 0.839. The van der Waals surface area contributed by atoms with Crippen molar-refractivity contribution in [2.45, 2.75) is 26.2 Å². The Labute approximate surface area is 122 Å². The first-order valence-corrected chi connectivity index (χ1v) is 7.36. The van der Waals surface area contributed by atoms with Crippen LogP contribution in [-0.2, 0) is 19.9 Å². The summed E-state index contributed by atoms with van der Waals surface area (Å²) in [5.74, 6) is 1.83. The van der Waals surface area contributed by atoms with E-state index in [4.69, 9.17) is 0 Å². The Hall–Kier alpha value is -1.61. The molecule has 0 fully saturated rings. The predicted molar refractivity (Wildman–Crippen MR) is 83.8 cm³/mol. The fourth-order valence-corrected chi connectivity index (χ4v) is 2.69. The summed E-state index contributed by atoms with van der Waals surface area (Å²) in [7, 11) is 4.10. The van der Waals surface area contributed by atoms with Gasteiger partial charge in [0.25, 0.3) is 0 Å². The molecule has 0 aliphatic rings. The van der Waals surface area contributed by atoms with Crippen LogP contribution in [0, 0.1) is 12.8 Å². The van der Waals surface area contributed by atoms with Gasteiger partial charge in [0.15, 0.2) is 0 Å². The zero-order valence-corrected chi connectivity index (χ0v) is 12.8. The highest BCUT2D eigenvalue weighted by Gasteiger charge is 2.12. The first-order valence-electron chi connectivity index (χ1n) is 7.36. The van der Waals surface area contributed by atoms with E-state index in [2.05, 4.69) is 53.1 Å². The molecule has 3 heteroatoms. The van der Waals surface area contributed by atoms with Crippen LogP contribution in [0.25, 0.3) is 0 Å². The lowest BCUT2D eigenvalue weighted by molar-refractivity contribution is 0.453. The molecule has 1 heterocycles. The van der Waals surface area contributed by atoms with Gasteiger partial charge in [-0.1, -0.05) is 24.3 Å². The van der Waals surface area contributed by atoms with Crippen LogP contribution in [0.15, 0.2) is 36.7 Å². The number of nitrogens with zero attached hydrogens (tertiary/aromatic N) is 2. The lowest BCUT2D eigenvalue weighted by atomic mass is 9.92. The number of aromatic nitrogens is 2. The van der Waals surface area contributed by atoms with Crippen LogP contribution >= 0.6 is 0 Å². The van der Waals surface area contributed by atoms with Gasteiger partial charge < -0.3 is 9.88 Å². The van der Waals surface area contributed by atoms with Crippen molar-refractivity contribution >= 4 is 0 Å². The Morgan fingerprint density at radius 1 is 1.30 bits per heavy atom. The van der Waals surface area contributed by atoms with E-state index in [9.17, 15) is 0 Å². The minimum Gasteiger partial charge on any atom is -0.338 e. The van der Waals surface area contributed by atoms with Gasteiger partial charge in [-0.15, -0.1) is 0 Å². The summed E-state index contributed by atoms with van der Waals surface area (Å²) in [5.41, 5.74) is 2.86. The van der Waals surface area contributed by atoms with Crippen molar-refractivity contribution in [1.29, 1.82) is 0 Å². The molecule has 0 amide bonds. The van der Waals surface area contributed by atoms with Gasteiger partial charge >= 0.3 is 0 Å². The van der Waals surface area contributed by atoms with Gasteiger partial charge in [0.2, 0.25) is 0 Å². The molecule has 3 nitrogen and oxygen atoms in total. The third-order valence-corrected chi connectivity index (χ3v) is 3.96. The molecule has 1 unspecified atom stereocenters. The molecular weight excluding hydrogens is 246 g/mol. The van der Waals surface area contributed by atoms with Crippen molar-refractivity contribution in [3.63, 3.8) is 0 Å². The molecule has 0 bridgehead atoms. The summed E-state index contributed by atoms with van der Waals surface area (Å²) >= 11 is 0. The van der Waals surface area contributed by atoms with Gasteiger partial charge in [-0.3, -0.25) is 0 Å². The highest BCUT2D eigenvalue weighted by atomic mass is 15.0. The smallest absolute Gasteiger partial charge is 0.108 e. The first-order chi connectivity index (χ1) is 9.70. The topological polar surface area (TPSA) is 29.9 Å². The maximum Gasteiger partial charge on any atom is 0.108 e. The van der Waals surface area contributed by atoms with Crippen molar-refractivity contribution in [2.24, 2.45) is 13.0 Å². The van der Waals surface area contributed by atoms with Gasteiger partial charge in [-0.25, -0.2) is 4.98 Å². The number of imidazole rings is 1. The maximum absolute atomic E-state index is 4.42. The Balaban J connectivity index is 1.97. The molecule has 2 aromatic rings. The molecular formula is C17H25N3. The normalized spacial score (nSPS) is 12.6. The predicted octanol–water partition coefficient (Wildman–Crippen LogP) is 2.74. The molecule has 1 atom stereocenters. The van der Waals surface area contributed by atoms with Crippen LogP contribution in [0.5, 0.6) is 0 Å². The fourth-order valence-electron chi connectivity index (χ4n) is 2.69. The number of hydrogen-bond acceptors (Lipinski definition) is 2. The molecule has 0 spiro atoms. The summed E-state index contributed by atoms with van der Waals surface area (Å²) in [6, 6.07) is 8.70. The average molecular weight is 271 g/mol. The van der Waals surface area contributed by atoms with Crippen molar-refractivity contribution in [1.82, 2.24) is 14.9 Å². The number of hydrogen-bond donors (Lipinski definition) is 1. The van der Waals surface area contributed by atoms with Crippen molar-refractivity contribution in [3.05, 3.63) is 53.6 Å². The standard InChI is InChI=1S/C17H25N3/c1-14-6-4-5-7-16(14)12-15(13-18-2)8-9-17-19-10-11-20(17)3/h4-7,10-11,15,18H,8-9,12-13H2,1-3H3. The average Bonchev–Trinajstić information content (AvgIpc) is 2.84. The van der Waals surface area contributed by atoms with Crippen molar-refractivity contribution in [3.8, 4) is 0 Å². The van der Waals surface area contributed by atoms with E-state index in [1.807, 2.05) is 19.4 Å². The van der Waals surface area contributed by atoms with E-state index < -0.39 is 0 Å². The summed E-state index contributed by atoms with van der Waals surface area (Å²) in [6.07, 6.45) is 7.24.